The molecule has 6 nitrogen and oxygen atoms in total. The first kappa shape index (κ1) is 14.9. The van der Waals surface area contributed by atoms with Crippen LogP contribution in [0.15, 0.2) is 18.5 Å². The Kier molecular flexibility index (Phi) is 4.37. The van der Waals surface area contributed by atoms with E-state index in [1.165, 1.54) is 11.8 Å². The van der Waals surface area contributed by atoms with Gasteiger partial charge in [-0.2, -0.15) is 5.10 Å². The van der Waals surface area contributed by atoms with E-state index in [1.54, 1.807) is 22.8 Å². The number of thioether (sulfide) groups is 1. The van der Waals surface area contributed by atoms with Crippen molar-refractivity contribution in [2.75, 3.05) is 19.3 Å². The molecule has 2 amide bonds. The minimum Gasteiger partial charge on any atom is -0.342 e. The van der Waals surface area contributed by atoms with Crippen LogP contribution in [0.3, 0.4) is 0 Å². The lowest BCUT2D eigenvalue weighted by atomic mass is 10.1. The van der Waals surface area contributed by atoms with Crippen LogP contribution in [0.5, 0.6) is 0 Å². The molecule has 2 heterocycles. The van der Waals surface area contributed by atoms with E-state index < -0.39 is 10.8 Å². The minimum atomic E-state index is -0.454. The third-order valence-corrected chi connectivity index (χ3v) is 4.77. The zero-order valence-electron chi connectivity index (χ0n) is 12.0. The van der Waals surface area contributed by atoms with Gasteiger partial charge in [0.25, 0.3) is 0 Å². The maximum atomic E-state index is 12.3. The number of amides is 2. The molecule has 1 unspecified atom stereocenters. The number of likely N-dealkylation sites (N-methyl/N-ethyl adjacent to an activating group) is 1. The highest BCUT2D eigenvalue weighted by Crippen LogP contribution is 2.29. The first-order valence-electron chi connectivity index (χ1n) is 6.57. The number of aromatic nitrogens is 2. The molecule has 1 fully saturated rings. The lowest BCUT2D eigenvalue weighted by Gasteiger charge is -2.34. The number of nitrogens with zero attached hydrogens (tertiary/aromatic N) is 3. The van der Waals surface area contributed by atoms with Gasteiger partial charge in [0.15, 0.2) is 0 Å². The Labute approximate surface area is 122 Å². The Morgan fingerprint density at radius 2 is 2.40 bits per heavy atom. The van der Waals surface area contributed by atoms with Gasteiger partial charge in [-0.05, 0) is 19.9 Å². The second-order valence-electron chi connectivity index (χ2n) is 5.38. The second-order valence-corrected chi connectivity index (χ2v) is 7.02. The van der Waals surface area contributed by atoms with Crippen molar-refractivity contribution in [3.63, 3.8) is 0 Å². The summed E-state index contributed by atoms with van der Waals surface area (Å²) in [5, 5.41) is 6.90. The Bertz CT molecular complexity index is 487. The molecule has 110 valence electrons. The van der Waals surface area contributed by atoms with Crippen molar-refractivity contribution >= 4 is 23.6 Å². The summed E-state index contributed by atoms with van der Waals surface area (Å²) in [6.07, 6.45) is 3.57. The normalized spacial score (nSPS) is 21.4. The third kappa shape index (κ3) is 3.33. The summed E-state index contributed by atoms with van der Waals surface area (Å²) in [5.74, 6) is 0.491. The third-order valence-electron chi connectivity index (χ3n) is 3.36. The SMILES string of the molecule is CN(CCn1cccn1)C(=O)C1CSC(C)(C)C(=O)N1. The largest absolute Gasteiger partial charge is 0.342 e. The minimum absolute atomic E-state index is 0.0477. The summed E-state index contributed by atoms with van der Waals surface area (Å²) in [4.78, 5) is 25.8. The Morgan fingerprint density at radius 3 is 3.00 bits per heavy atom. The van der Waals surface area contributed by atoms with E-state index in [1.807, 2.05) is 26.1 Å². The number of rotatable bonds is 4. The van der Waals surface area contributed by atoms with Crippen LogP contribution in [-0.2, 0) is 16.1 Å². The maximum Gasteiger partial charge on any atom is 0.245 e. The molecule has 1 aliphatic heterocycles. The molecular weight excluding hydrogens is 276 g/mol. The average Bonchev–Trinajstić information content (AvgIpc) is 2.91. The Balaban J connectivity index is 1.86. The molecule has 0 aromatic carbocycles. The summed E-state index contributed by atoms with van der Waals surface area (Å²) in [6.45, 7) is 4.96. The van der Waals surface area contributed by atoms with Crippen LogP contribution in [0.25, 0.3) is 0 Å². The van der Waals surface area contributed by atoms with E-state index in [-0.39, 0.29) is 11.8 Å². The Morgan fingerprint density at radius 1 is 1.65 bits per heavy atom. The van der Waals surface area contributed by atoms with Crippen molar-refractivity contribution in [3.05, 3.63) is 18.5 Å². The lowest BCUT2D eigenvalue weighted by molar-refractivity contribution is -0.135. The van der Waals surface area contributed by atoms with Gasteiger partial charge >= 0.3 is 0 Å². The van der Waals surface area contributed by atoms with Gasteiger partial charge in [0.2, 0.25) is 11.8 Å². The van der Waals surface area contributed by atoms with Gasteiger partial charge in [0.05, 0.1) is 11.3 Å². The molecule has 1 aromatic rings. The van der Waals surface area contributed by atoms with Crippen molar-refractivity contribution in [2.45, 2.75) is 31.2 Å². The van der Waals surface area contributed by atoms with Crippen molar-refractivity contribution in [1.29, 1.82) is 0 Å². The number of carbonyl (C=O) groups is 2. The van der Waals surface area contributed by atoms with Crippen LogP contribution in [0.1, 0.15) is 13.8 Å². The predicted molar refractivity (Wildman–Crippen MR) is 78.3 cm³/mol. The van der Waals surface area contributed by atoms with Gasteiger partial charge in [-0.15, -0.1) is 11.8 Å². The highest BCUT2D eigenvalue weighted by Gasteiger charge is 2.38. The topological polar surface area (TPSA) is 67.2 Å². The van der Waals surface area contributed by atoms with Gasteiger partial charge in [-0.1, -0.05) is 0 Å². The molecule has 0 spiro atoms. The van der Waals surface area contributed by atoms with Gasteiger partial charge in [0.1, 0.15) is 6.04 Å². The molecule has 20 heavy (non-hydrogen) atoms. The highest BCUT2D eigenvalue weighted by atomic mass is 32.2. The van der Waals surface area contributed by atoms with Crippen LogP contribution in [0.4, 0.5) is 0 Å². The second kappa shape index (κ2) is 5.87. The van der Waals surface area contributed by atoms with Crippen molar-refractivity contribution in [1.82, 2.24) is 20.0 Å². The van der Waals surface area contributed by atoms with E-state index >= 15 is 0 Å². The molecular formula is C13H20N4O2S. The van der Waals surface area contributed by atoms with Crippen molar-refractivity contribution in [3.8, 4) is 0 Å². The van der Waals surface area contributed by atoms with E-state index in [0.717, 1.165) is 0 Å². The van der Waals surface area contributed by atoms with E-state index in [9.17, 15) is 9.59 Å². The average molecular weight is 296 g/mol. The first-order chi connectivity index (χ1) is 9.40. The fourth-order valence-electron chi connectivity index (χ4n) is 1.93. The number of hydrogen-bond donors (Lipinski definition) is 1. The summed E-state index contributed by atoms with van der Waals surface area (Å²) < 4.78 is 1.32. The molecule has 1 aromatic heterocycles. The zero-order valence-corrected chi connectivity index (χ0v) is 12.8. The van der Waals surface area contributed by atoms with Crippen LogP contribution in [0, 0.1) is 0 Å². The standard InChI is InChI=1S/C13H20N4O2S/c1-13(2)12(19)15-10(9-20-13)11(18)16(3)7-8-17-6-4-5-14-17/h4-6,10H,7-9H2,1-3H3,(H,15,19). The van der Waals surface area contributed by atoms with Crippen molar-refractivity contribution in [2.24, 2.45) is 0 Å². The fourth-order valence-corrected chi connectivity index (χ4v) is 2.92. The number of hydrogen-bond acceptors (Lipinski definition) is 4. The molecule has 1 saturated heterocycles. The molecule has 1 aliphatic rings. The molecule has 0 saturated carbocycles. The van der Waals surface area contributed by atoms with E-state index in [2.05, 4.69) is 10.4 Å². The number of nitrogens with one attached hydrogen (secondary N) is 1. The van der Waals surface area contributed by atoms with Crippen molar-refractivity contribution < 1.29 is 9.59 Å². The summed E-state index contributed by atoms with van der Waals surface area (Å²) in [5.41, 5.74) is 0. The van der Waals surface area contributed by atoms with E-state index in [0.29, 0.717) is 18.8 Å². The summed E-state index contributed by atoms with van der Waals surface area (Å²) >= 11 is 1.52. The van der Waals surface area contributed by atoms with Gasteiger partial charge < -0.3 is 10.2 Å². The van der Waals surface area contributed by atoms with Gasteiger partial charge in [-0.3, -0.25) is 14.3 Å². The monoisotopic (exact) mass is 296 g/mol. The van der Waals surface area contributed by atoms with Crippen LogP contribution in [0.2, 0.25) is 0 Å². The van der Waals surface area contributed by atoms with E-state index in [4.69, 9.17) is 0 Å². The smallest absolute Gasteiger partial charge is 0.245 e. The predicted octanol–water partition coefficient (Wildman–Crippen LogP) is 0.352. The maximum absolute atomic E-state index is 12.3. The number of carbonyl (C=O) groups excluding carboxylic acids is 2. The van der Waals surface area contributed by atoms with Gasteiger partial charge in [-0.25, -0.2) is 0 Å². The summed E-state index contributed by atoms with van der Waals surface area (Å²) in [7, 11) is 1.75. The molecule has 1 N–H and O–H groups in total. The molecule has 0 bridgehead atoms. The molecule has 1 atom stereocenters. The molecule has 0 aliphatic carbocycles. The summed E-state index contributed by atoms with van der Waals surface area (Å²) in [6, 6.07) is 1.42. The molecule has 7 heteroatoms. The first-order valence-corrected chi connectivity index (χ1v) is 7.56. The molecule has 0 radical (unpaired) electrons. The quantitative estimate of drug-likeness (QED) is 0.871. The fraction of sp³-hybridized carbons (Fsp3) is 0.615. The van der Waals surface area contributed by atoms with Crippen LogP contribution in [-0.4, -0.2) is 56.6 Å². The van der Waals surface area contributed by atoms with Crippen LogP contribution < -0.4 is 5.32 Å². The van der Waals surface area contributed by atoms with Crippen LogP contribution >= 0.6 is 11.8 Å². The Hall–Kier alpha value is -1.50. The zero-order chi connectivity index (χ0) is 14.8. The lowest BCUT2D eigenvalue weighted by Crippen LogP contribution is -2.57. The van der Waals surface area contributed by atoms with Gasteiger partial charge in [0, 0.05) is 31.7 Å². The molecule has 2 rings (SSSR count). The highest BCUT2D eigenvalue weighted by molar-refractivity contribution is 8.01.